The highest BCUT2D eigenvalue weighted by atomic mass is 16.6. The Morgan fingerprint density at radius 2 is 1.74 bits per heavy atom. The van der Waals surface area contributed by atoms with Crippen LogP contribution < -0.4 is 16.0 Å². The van der Waals surface area contributed by atoms with Gasteiger partial charge in [0, 0.05) is 55.6 Å². The number of nitrogens with one attached hydrogen (secondary N) is 1. The Morgan fingerprint density at radius 1 is 0.940 bits per heavy atom. The van der Waals surface area contributed by atoms with Crippen molar-refractivity contribution < 1.29 is 14.3 Å². The molecule has 50 heavy (non-hydrogen) atoms. The molecule has 0 radical (unpaired) electrons. The highest BCUT2D eigenvalue weighted by molar-refractivity contribution is 5.85. The number of hydrogen-bond donors (Lipinski definition) is 2. The molecule has 5 aromatic rings. The van der Waals surface area contributed by atoms with Crippen molar-refractivity contribution in [2.45, 2.75) is 64.1 Å². The maximum atomic E-state index is 12.8. The minimum absolute atomic E-state index is 0.143. The van der Waals surface area contributed by atoms with E-state index in [0.29, 0.717) is 34.8 Å². The average molecular weight is 671 g/mol. The number of ether oxygens (including phenoxy) is 1. The molecule has 2 saturated heterocycles. The van der Waals surface area contributed by atoms with Crippen LogP contribution in [0, 0.1) is 5.92 Å². The molecule has 3 N–H and O–H groups in total. The van der Waals surface area contributed by atoms with E-state index in [1.807, 2.05) is 66.6 Å². The fourth-order valence-electron chi connectivity index (χ4n) is 7.63. The van der Waals surface area contributed by atoms with Gasteiger partial charge in [0.05, 0.1) is 22.8 Å². The van der Waals surface area contributed by atoms with Gasteiger partial charge in [0.2, 0.25) is 5.91 Å². The van der Waals surface area contributed by atoms with E-state index in [1.165, 1.54) is 0 Å². The number of anilines is 2. The van der Waals surface area contributed by atoms with Gasteiger partial charge in [0.15, 0.2) is 11.5 Å². The Labute approximate surface area is 291 Å². The summed E-state index contributed by atoms with van der Waals surface area (Å²) in [5, 5.41) is 3.16. The first kappa shape index (κ1) is 31.8. The predicted molar refractivity (Wildman–Crippen MR) is 194 cm³/mol. The van der Waals surface area contributed by atoms with Crippen molar-refractivity contribution in [2.75, 3.05) is 30.3 Å². The summed E-state index contributed by atoms with van der Waals surface area (Å²) in [5.74, 6) is 1.68. The number of carbonyl (C=O) groups excluding carboxylic acids is 2. The Bertz CT molecular complexity index is 2110. The van der Waals surface area contributed by atoms with Crippen LogP contribution in [-0.2, 0) is 15.1 Å². The Kier molecular flexibility index (Phi) is 7.54. The Hall–Kier alpha value is -5.45. The highest BCUT2D eigenvalue weighted by Gasteiger charge is 2.46. The van der Waals surface area contributed by atoms with Gasteiger partial charge in [-0.3, -0.25) is 9.36 Å². The normalized spacial score (nSPS) is 19.4. The van der Waals surface area contributed by atoms with Crippen molar-refractivity contribution >= 4 is 34.7 Å². The molecule has 0 spiro atoms. The van der Waals surface area contributed by atoms with Gasteiger partial charge in [-0.2, -0.15) is 0 Å². The number of rotatable bonds is 6. The van der Waals surface area contributed by atoms with E-state index in [2.05, 4.69) is 51.6 Å². The van der Waals surface area contributed by atoms with Crippen LogP contribution in [0.15, 0.2) is 79.0 Å². The van der Waals surface area contributed by atoms with Gasteiger partial charge in [0.25, 0.3) is 0 Å². The van der Waals surface area contributed by atoms with Gasteiger partial charge in [0.1, 0.15) is 16.9 Å². The third-order valence-corrected chi connectivity index (χ3v) is 10.4. The molecule has 2 unspecified atom stereocenters. The summed E-state index contributed by atoms with van der Waals surface area (Å²) in [6, 6.07) is 24.8. The maximum absolute atomic E-state index is 12.8. The zero-order valence-corrected chi connectivity index (χ0v) is 28.9. The molecule has 256 valence electrons. The number of nitrogen functional groups attached to an aromatic ring is 1. The van der Waals surface area contributed by atoms with Crippen LogP contribution in [-0.4, -0.2) is 67.7 Å². The molecule has 1 aliphatic carbocycles. The molecule has 11 nitrogen and oxygen atoms in total. The third-order valence-electron chi connectivity index (χ3n) is 10.4. The minimum atomic E-state index is -0.578. The summed E-state index contributed by atoms with van der Waals surface area (Å²) in [6.45, 7) is 9.81. The first-order valence-electron chi connectivity index (χ1n) is 17.3. The standard InChI is InChI=1S/C39H42N8O3/c1-24(48)45-21-26-22-46(33(26)23-45)29-9-5-8-25(20-29)31-15-16-32-36(42-31)47(35(43-32)30-10-6-19-41-34(30)40)28-13-11-27(12-14-28)39(17-7-18-39)44-37(49)50-38(2,3)4/h5-6,8-16,19-20,26,33H,7,17-18,21-23H2,1-4H3,(H2,40,41)(H,44,49). The topological polar surface area (TPSA) is 132 Å². The van der Waals surface area contributed by atoms with E-state index in [0.717, 1.165) is 72.6 Å². The molecule has 1 saturated carbocycles. The maximum Gasteiger partial charge on any atom is 0.408 e. The fraction of sp³-hybridized carbons (Fsp3) is 0.359. The van der Waals surface area contributed by atoms with Crippen LogP contribution in [0.2, 0.25) is 0 Å². The number of hydrogen-bond acceptors (Lipinski definition) is 8. The number of amides is 2. The molecule has 2 atom stereocenters. The van der Waals surface area contributed by atoms with Crippen LogP contribution >= 0.6 is 0 Å². The molecule has 3 fully saturated rings. The SMILES string of the molecule is CC(=O)N1CC2CN(c3cccc(-c4ccc5nc(-c6cccnc6N)n(-c6ccc(C7(NC(=O)OC(C)(C)C)CCC7)cc6)c5n4)c3)C2C1. The molecule has 8 rings (SSSR count). The summed E-state index contributed by atoms with van der Waals surface area (Å²) in [4.78, 5) is 43.7. The zero-order valence-electron chi connectivity index (χ0n) is 28.9. The first-order valence-corrected chi connectivity index (χ1v) is 17.3. The van der Waals surface area contributed by atoms with Gasteiger partial charge < -0.3 is 25.6 Å². The quantitative estimate of drug-likeness (QED) is 0.215. The monoisotopic (exact) mass is 670 g/mol. The van der Waals surface area contributed by atoms with Gasteiger partial charge in [-0.05, 0) is 94.1 Å². The summed E-state index contributed by atoms with van der Waals surface area (Å²) in [7, 11) is 0. The molecule has 3 aromatic heterocycles. The summed E-state index contributed by atoms with van der Waals surface area (Å²) in [5.41, 5.74) is 12.3. The van der Waals surface area contributed by atoms with Crippen molar-refractivity contribution in [3.8, 4) is 28.3 Å². The first-order chi connectivity index (χ1) is 24.0. The minimum Gasteiger partial charge on any atom is -0.444 e. The molecule has 11 heteroatoms. The average Bonchev–Trinajstić information content (AvgIpc) is 3.60. The predicted octanol–water partition coefficient (Wildman–Crippen LogP) is 6.30. The van der Waals surface area contributed by atoms with Crippen molar-refractivity contribution in [3.63, 3.8) is 0 Å². The number of aromatic nitrogens is 4. The number of nitrogens with zero attached hydrogens (tertiary/aromatic N) is 6. The zero-order chi connectivity index (χ0) is 34.8. The van der Waals surface area contributed by atoms with Crippen LogP contribution in [0.5, 0.6) is 0 Å². The Morgan fingerprint density at radius 3 is 2.44 bits per heavy atom. The fourth-order valence-corrected chi connectivity index (χ4v) is 7.63. The van der Waals surface area contributed by atoms with E-state index in [4.69, 9.17) is 20.4 Å². The number of carbonyl (C=O) groups is 2. The van der Waals surface area contributed by atoms with Gasteiger partial charge in [-0.25, -0.2) is 19.7 Å². The summed E-state index contributed by atoms with van der Waals surface area (Å²) < 4.78 is 7.63. The highest BCUT2D eigenvalue weighted by Crippen LogP contribution is 2.42. The lowest BCUT2D eigenvalue weighted by atomic mass is 9.72. The van der Waals surface area contributed by atoms with Crippen LogP contribution in [0.25, 0.3) is 39.5 Å². The number of nitrogens with two attached hydrogens (primary N) is 1. The molecule has 5 heterocycles. The second-order valence-corrected chi connectivity index (χ2v) is 14.8. The lowest BCUT2D eigenvalue weighted by Gasteiger charge is -2.45. The van der Waals surface area contributed by atoms with Crippen molar-refractivity contribution in [3.05, 3.63) is 84.6 Å². The largest absolute Gasteiger partial charge is 0.444 e. The van der Waals surface area contributed by atoms with Gasteiger partial charge in [-0.15, -0.1) is 0 Å². The number of pyridine rings is 2. The molecular weight excluding hydrogens is 628 g/mol. The lowest BCUT2D eigenvalue weighted by molar-refractivity contribution is -0.127. The molecular formula is C39H42N8O3. The van der Waals surface area contributed by atoms with E-state index >= 15 is 0 Å². The van der Waals surface area contributed by atoms with Crippen LogP contribution in [0.4, 0.5) is 16.3 Å². The van der Waals surface area contributed by atoms with E-state index in [-0.39, 0.29) is 5.91 Å². The molecule has 0 bridgehead atoms. The summed E-state index contributed by atoms with van der Waals surface area (Å²) >= 11 is 0. The van der Waals surface area contributed by atoms with E-state index < -0.39 is 17.2 Å². The van der Waals surface area contributed by atoms with Crippen molar-refractivity contribution in [1.82, 2.24) is 29.7 Å². The number of imidazole rings is 1. The van der Waals surface area contributed by atoms with Gasteiger partial charge >= 0.3 is 6.09 Å². The summed E-state index contributed by atoms with van der Waals surface area (Å²) in [6.07, 6.45) is 3.97. The second-order valence-electron chi connectivity index (χ2n) is 14.8. The van der Waals surface area contributed by atoms with E-state index in [9.17, 15) is 9.59 Å². The number of alkyl carbamates (subject to hydrolysis) is 1. The Balaban J connectivity index is 1.16. The lowest BCUT2D eigenvalue weighted by Crippen LogP contribution is -2.55. The molecule has 2 aromatic carbocycles. The third kappa shape index (κ3) is 5.60. The number of likely N-dealkylation sites (tertiary alicyclic amines) is 1. The van der Waals surface area contributed by atoms with Gasteiger partial charge in [-0.1, -0.05) is 24.3 Å². The molecule has 3 aliphatic rings. The molecule has 2 amide bonds. The number of benzene rings is 2. The molecule has 2 aliphatic heterocycles. The second kappa shape index (κ2) is 11.9. The van der Waals surface area contributed by atoms with Crippen molar-refractivity contribution in [2.24, 2.45) is 5.92 Å². The number of fused-ring (bicyclic) bond motifs is 2. The van der Waals surface area contributed by atoms with Crippen LogP contribution in [0.1, 0.15) is 52.5 Å². The van der Waals surface area contributed by atoms with Crippen LogP contribution in [0.3, 0.4) is 0 Å². The van der Waals surface area contributed by atoms with E-state index in [1.54, 1.807) is 13.1 Å². The smallest absolute Gasteiger partial charge is 0.408 e. The van der Waals surface area contributed by atoms with Crippen molar-refractivity contribution in [1.29, 1.82) is 0 Å².